The predicted molar refractivity (Wildman–Crippen MR) is 92.7 cm³/mol. The third-order valence-corrected chi connectivity index (χ3v) is 3.43. The molecule has 0 aliphatic rings. The summed E-state index contributed by atoms with van der Waals surface area (Å²) in [6, 6.07) is 13.7. The van der Waals surface area contributed by atoms with Gasteiger partial charge < -0.3 is 20.4 Å². The molecule has 0 heterocycles. The Morgan fingerprint density at radius 3 is 1.56 bits per heavy atom. The quantitative estimate of drug-likeness (QED) is 0.612. The smallest absolute Gasteiger partial charge is 0.303 e. The van der Waals surface area contributed by atoms with E-state index in [-0.39, 0.29) is 24.3 Å². The Morgan fingerprint density at radius 2 is 1.12 bits per heavy atom. The summed E-state index contributed by atoms with van der Waals surface area (Å²) < 4.78 is 0. The molecule has 0 spiro atoms. The number of aromatic hydroxyl groups is 2. The fraction of sp³-hybridized carbons (Fsp3) is 0.263. The Morgan fingerprint density at radius 1 is 0.680 bits per heavy atom. The van der Waals surface area contributed by atoms with Gasteiger partial charge in [-0.25, -0.2) is 0 Å². The van der Waals surface area contributed by atoms with Gasteiger partial charge in [0.05, 0.1) is 0 Å². The number of carboxylic acid groups (broad SMARTS) is 2. The molecule has 0 fully saturated rings. The van der Waals surface area contributed by atoms with Crippen molar-refractivity contribution in [3.8, 4) is 11.5 Å². The molecule has 0 bridgehead atoms. The highest BCUT2D eigenvalue weighted by molar-refractivity contribution is 5.67. The summed E-state index contributed by atoms with van der Waals surface area (Å²) >= 11 is 0. The number of carbonyl (C=O) groups is 2. The van der Waals surface area contributed by atoms with Crippen LogP contribution >= 0.6 is 0 Å². The fourth-order valence-electron chi connectivity index (χ4n) is 2.12. The number of aliphatic carboxylic acids is 2. The molecule has 2 aromatic rings. The molecular weight excluding hydrogens is 324 g/mol. The lowest BCUT2D eigenvalue weighted by Gasteiger charge is -2.01. The topological polar surface area (TPSA) is 115 Å². The Hall–Kier alpha value is -3.02. The molecule has 0 saturated carbocycles. The van der Waals surface area contributed by atoms with Crippen LogP contribution in [0.5, 0.6) is 11.5 Å². The van der Waals surface area contributed by atoms with Gasteiger partial charge in [-0.3, -0.25) is 9.59 Å². The number of benzene rings is 2. The first-order chi connectivity index (χ1) is 11.9. The molecule has 6 heteroatoms. The van der Waals surface area contributed by atoms with E-state index in [4.69, 9.17) is 10.2 Å². The lowest BCUT2D eigenvalue weighted by Crippen LogP contribution is -1.97. The van der Waals surface area contributed by atoms with Gasteiger partial charge in [-0.2, -0.15) is 0 Å². The summed E-state index contributed by atoms with van der Waals surface area (Å²) in [4.78, 5) is 20.4. The van der Waals surface area contributed by atoms with E-state index in [1.807, 2.05) is 6.07 Å². The molecule has 0 amide bonds. The molecule has 0 saturated heterocycles. The highest BCUT2D eigenvalue weighted by atomic mass is 16.4. The van der Waals surface area contributed by atoms with Gasteiger partial charge in [-0.1, -0.05) is 36.4 Å². The number of phenolic OH excluding ortho intramolecular Hbond substituents is 2. The van der Waals surface area contributed by atoms with Crippen LogP contribution in [0.4, 0.5) is 0 Å². The standard InChI is InChI=1S/C10H12O3.C9H10O3/c11-9-6-2-1-4-8(9)5-3-7-10(12)13;10-8-4-2-1-3-7(8)5-6-9(11)12/h1-2,4,6,11H,3,5,7H2,(H,12,13);1-4,10H,5-6H2,(H,11,12). The van der Waals surface area contributed by atoms with E-state index in [9.17, 15) is 19.8 Å². The number of hydrogen-bond acceptors (Lipinski definition) is 4. The predicted octanol–water partition coefficient (Wildman–Crippen LogP) is 3.21. The molecule has 2 rings (SSSR count). The third-order valence-electron chi connectivity index (χ3n) is 3.43. The van der Waals surface area contributed by atoms with Crippen molar-refractivity contribution in [2.24, 2.45) is 0 Å². The van der Waals surface area contributed by atoms with E-state index in [1.165, 1.54) is 0 Å². The molecule has 134 valence electrons. The van der Waals surface area contributed by atoms with Crippen molar-refractivity contribution < 1.29 is 30.0 Å². The summed E-state index contributed by atoms with van der Waals surface area (Å²) in [5.74, 6) is -1.24. The molecule has 2 aromatic carbocycles. The van der Waals surface area contributed by atoms with Crippen LogP contribution in [0.15, 0.2) is 48.5 Å². The first-order valence-corrected chi connectivity index (χ1v) is 7.87. The first-order valence-electron chi connectivity index (χ1n) is 7.87. The van der Waals surface area contributed by atoms with Gasteiger partial charge in [0.2, 0.25) is 0 Å². The molecule has 25 heavy (non-hydrogen) atoms. The van der Waals surface area contributed by atoms with Gasteiger partial charge >= 0.3 is 11.9 Å². The largest absolute Gasteiger partial charge is 0.508 e. The third kappa shape index (κ3) is 8.41. The zero-order valence-corrected chi connectivity index (χ0v) is 13.8. The van der Waals surface area contributed by atoms with E-state index in [0.717, 1.165) is 5.56 Å². The lowest BCUT2D eigenvalue weighted by atomic mass is 10.1. The van der Waals surface area contributed by atoms with E-state index in [1.54, 1.807) is 42.5 Å². The second kappa shape index (κ2) is 10.7. The molecule has 0 aromatic heterocycles. The van der Waals surface area contributed by atoms with E-state index in [0.29, 0.717) is 24.8 Å². The van der Waals surface area contributed by atoms with Crippen molar-refractivity contribution in [1.82, 2.24) is 0 Å². The zero-order chi connectivity index (χ0) is 18.7. The monoisotopic (exact) mass is 346 g/mol. The summed E-state index contributed by atoms with van der Waals surface area (Å²) in [6.45, 7) is 0. The molecule has 0 aliphatic carbocycles. The fourth-order valence-corrected chi connectivity index (χ4v) is 2.12. The van der Waals surface area contributed by atoms with Crippen LogP contribution in [0.1, 0.15) is 30.4 Å². The maximum Gasteiger partial charge on any atom is 0.303 e. The number of hydrogen-bond donors (Lipinski definition) is 4. The van der Waals surface area contributed by atoms with Crippen molar-refractivity contribution in [1.29, 1.82) is 0 Å². The number of carboxylic acids is 2. The van der Waals surface area contributed by atoms with Crippen LogP contribution in [-0.2, 0) is 22.4 Å². The Bertz CT molecular complexity index is 696. The first kappa shape index (κ1) is 20.0. The van der Waals surface area contributed by atoms with Gasteiger partial charge in [0.15, 0.2) is 0 Å². The second-order valence-electron chi connectivity index (χ2n) is 5.40. The van der Waals surface area contributed by atoms with Crippen LogP contribution in [0.3, 0.4) is 0 Å². The molecular formula is C19H22O6. The maximum atomic E-state index is 10.2. The van der Waals surface area contributed by atoms with Crippen LogP contribution in [0.2, 0.25) is 0 Å². The number of para-hydroxylation sites is 2. The number of phenols is 2. The van der Waals surface area contributed by atoms with Gasteiger partial charge in [0.25, 0.3) is 0 Å². The molecule has 0 aliphatic heterocycles. The second-order valence-corrected chi connectivity index (χ2v) is 5.40. The SMILES string of the molecule is O=C(O)CCCc1ccccc1O.O=C(O)CCc1ccccc1O. The molecule has 4 N–H and O–H groups in total. The van der Waals surface area contributed by atoms with Crippen LogP contribution in [0.25, 0.3) is 0 Å². The summed E-state index contributed by atoms with van der Waals surface area (Å²) in [5, 5.41) is 35.3. The lowest BCUT2D eigenvalue weighted by molar-refractivity contribution is -0.138. The van der Waals surface area contributed by atoms with Crippen LogP contribution < -0.4 is 0 Å². The average Bonchev–Trinajstić information content (AvgIpc) is 2.56. The Kier molecular flexibility index (Phi) is 8.57. The van der Waals surface area contributed by atoms with Gasteiger partial charge in [-0.15, -0.1) is 0 Å². The maximum absolute atomic E-state index is 10.2. The Balaban J connectivity index is 0.000000251. The average molecular weight is 346 g/mol. The van der Waals surface area contributed by atoms with Crippen LogP contribution in [0, 0.1) is 0 Å². The molecule has 0 atom stereocenters. The Labute approximate surface area is 146 Å². The van der Waals surface area contributed by atoms with Crippen LogP contribution in [-0.4, -0.2) is 32.4 Å². The summed E-state index contributed by atoms with van der Waals surface area (Å²) in [6.07, 6.45) is 1.75. The summed E-state index contributed by atoms with van der Waals surface area (Å²) in [7, 11) is 0. The molecule has 0 radical (unpaired) electrons. The van der Waals surface area contributed by atoms with Gasteiger partial charge in [-0.05, 0) is 42.5 Å². The van der Waals surface area contributed by atoms with Crippen molar-refractivity contribution in [2.75, 3.05) is 0 Å². The van der Waals surface area contributed by atoms with Crippen molar-refractivity contribution in [3.63, 3.8) is 0 Å². The van der Waals surface area contributed by atoms with E-state index in [2.05, 4.69) is 0 Å². The number of aryl methyl sites for hydroxylation is 2. The van der Waals surface area contributed by atoms with Gasteiger partial charge in [0.1, 0.15) is 11.5 Å². The van der Waals surface area contributed by atoms with Crippen molar-refractivity contribution in [2.45, 2.75) is 32.1 Å². The van der Waals surface area contributed by atoms with E-state index < -0.39 is 11.9 Å². The highest BCUT2D eigenvalue weighted by Crippen LogP contribution is 2.18. The minimum Gasteiger partial charge on any atom is -0.508 e. The number of rotatable bonds is 7. The van der Waals surface area contributed by atoms with Crippen molar-refractivity contribution in [3.05, 3.63) is 59.7 Å². The molecule has 0 unspecified atom stereocenters. The minimum atomic E-state index is -0.849. The normalized spacial score (nSPS) is 9.76. The minimum absolute atomic E-state index is 0.0531. The van der Waals surface area contributed by atoms with E-state index >= 15 is 0 Å². The highest BCUT2D eigenvalue weighted by Gasteiger charge is 2.02. The molecule has 6 nitrogen and oxygen atoms in total. The van der Waals surface area contributed by atoms with Gasteiger partial charge in [0, 0.05) is 12.8 Å². The summed E-state index contributed by atoms with van der Waals surface area (Å²) in [5.41, 5.74) is 1.49. The van der Waals surface area contributed by atoms with Crippen molar-refractivity contribution >= 4 is 11.9 Å². The zero-order valence-electron chi connectivity index (χ0n) is 13.8.